The summed E-state index contributed by atoms with van der Waals surface area (Å²) in [6.45, 7) is 0. The first-order chi connectivity index (χ1) is 21.3. The molecule has 0 heterocycles. The van der Waals surface area contributed by atoms with Crippen LogP contribution < -0.4 is 4.90 Å². The molecule has 0 saturated heterocycles. The summed E-state index contributed by atoms with van der Waals surface area (Å²) >= 11 is 0. The SMILES string of the molecule is c1ccc(N(c2ccc(-c3ccc4cc(-c5ccc6ccccc6c5)ccc4c3)cc2)c2ccc3ccccc3c2)cc1. The van der Waals surface area contributed by atoms with Crippen LogP contribution in [-0.2, 0) is 0 Å². The summed E-state index contributed by atoms with van der Waals surface area (Å²) in [6.07, 6.45) is 0. The van der Waals surface area contributed by atoms with Crippen LogP contribution in [0.25, 0.3) is 54.6 Å². The van der Waals surface area contributed by atoms with Crippen LogP contribution in [0.1, 0.15) is 0 Å². The average Bonchev–Trinajstić information content (AvgIpc) is 3.08. The number of para-hydroxylation sites is 1. The number of nitrogens with zero attached hydrogens (tertiary/aromatic N) is 1. The van der Waals surface area contributed by atoms with Crippen molar-refractivity contribution < 1.29 is 0 Å². The van der Waals surface area contributed by atoms with Crippen LogP contribution in [-0.4, -0.2) is 0 Å². The zero-order valence-electron chi connectivity index (χ0n) is 23.7. The molecule has 0 spiro atoms. The van der Waals surface area contributed by atoms with Gasteiger partial charge in [-0.2, -0.15) is 0 Å². The van der Waals surface area contributed by atoms with Gasteiger partial charge in [0.15, 0.2) is 0 Å². The lowest BCUT2D eigenvalue weighted by Crippen LogP contribution is -2.09. The second-order valence-corrected chi connectivity index (χ2v) is 11.1. The summed E-state index contributed by atoms with van der Waals surface area (Å²) in [5.41, 5.74) is 8.32. The van der Waals surface area contributed by atoms with Crippen LogP contribution in [0.4, 0.5) is 17.1 Å². The highest BCUT2D eigenvalue weighted by Crippen LogP contribution is 2.37. The molecule has 1 heteroatoms. The molecule has 0 aliphatic heterocycles. The first kappa shape index (κ1) is 25.1. The van der Waals surface area contributed by atoms with Crippen LogP contribution in [0.15, 0.2) is 176 Å². The van der Waals surface area contributed by atoms with Gasteiger partial charge in [-0.25, -0.2) is 0 Å². The Bertz CT molecular complexity index is 2230. The van der Waals surface area contributed by atoms with E-state index in [2.05, 4.69) is 181 Å². The van der Waals surface area contributed by atoms with Gasteiger partial charge in [0.25, 0.3) is 0 Å². The minimum Gasteiger partial charge on any atom is -0.310 e. The molecular weight excluding hydrogens is 518 g/mol. The molecule has 43 heavy (non-hydrogen) atoms. The second kappa shape index (κ2) is 10.6. The van der Waals surface area contributed by atoms with E-state index in [-0.39, 0.29) is 0 Å². The van der Waals surface area contributed by atoms with Gasteiger partial charge in [0.05, 0.1) is 0 Å². The lowest BCUT2D eigenvalue weighted by molar-refractivity contribution is 1.29. The number of rotatable bonds is 5. The smallest absolute Gasteiger partial charge is 0.0468 e. The maximum absolute atomic E-state index is 2.32. The van der Waals surface area contributed by atoms with Crippen LogP contribution in [0.2, 0.25) is 0 Å². The molecule has 8 rings (SSSR count). The average molecular weight is 548 g/mol. The van der Waals surface area contributed by atoms with Crippen molar-refractivity contribution in [3.8, 4) is 22.3 Å². The minimum atomic E-state index is 1.13. The summed E-state index contributed by atoms with van der Waals surface area (Å²) in [5, 5.41) is 7.51. The van der Waals surface area contributed by atoms with Crippen molar-refractivity contribution in [3.05, 3.63) is 176 Å². The van der Waals surface area contributed by atoms with Crippen LogP contribution >= 0.6 is 0 Å². The van der Waals surface area contributed by atoms with Crippen molar-refractivity contribution in [3.63, 3.8) is 0 Å². The van der Waals surface area contributed by atoms with E-state index in [0.29, 0.717) is 0 Å². The molecule has 0 unspecified atom stereocenters. The van der Waals surface area contributed by atoms with Gasteiger partial charge >= 0.3 is 0 Å². The molecule has 202 valence electrons. The van der Waals surface area contributed by atoms with Gasteiger partial charge in [-0.15, -0.1) is 0 Å². The summed E-state index contributed by atoms with van der Waals surface area (Å²) in [5.74, 6) is 0. The van der Waals surface area contributed by atoms with Crippen molar-refractivity contribution in [2.75, 3.05) is 4.90 Å². The van der Waals surface area contributed by atoms with E-state index in [9.17, 15) is 0 Å². The zero-order valence-corrected chi connectivity index (χ0v) is 23.7. The van der Waals surface area contributed by atoms with E-state index in [1.165, 1.54) is 54.6 Å². The number of hydrogen-bond donors (Lipinski definition) is 0. The lowest BCUT2D eigenvalue weighted by atomic mass is 9.96. The van der Waals surface area contributed by atoms with E-state index in [1.54, 1.807) is 0 Å². The Hall–Kier alpha value is -5.66. The van der Waals surface area contributed by atoms with E-state index in [0.717, 1.165) is 17.1 Å². The third-order valence-electron chi connectivity index (χ3n) is 8.39. The molecule has 0 aliphatic carbocycles. The van der Waals surface area contributed by atoms with Crippen molar-refractivity contribution >= 4 is 49.4 Å². The quantitative estimate of drug-likeness (QED) is 0.207. The number of hydrogen-bond acceptors (Lipinski definition) is 1. The fourth-order valence-corrected chi connectivity index (χ4v) is 6.12. The molecule has 0 saturated carbocycles. The Morgan fingerprint density at radius 1 is 0.233 bits per heavy atom. The molecular formula is C42H29N. The number of anilines is 3. The third kappa shape index (κ3) is 4.81. The van der Waals surface area contributed by atoms with E-state index in [4.69, 9.17) is 0 Å². The predicted molar refractivity (Wildman–Crippen MR) is 185 cm³/mol. The van der Waals surface area contributed by atoms with E-state index < -0.39 is 0 Å². The van der Waals surface area contributed by atoms with Crippen LogP contribution in [0.3, 0.4) is 0 Å². The minimum absolute atomic E-state index is 1.13. The predicted octanol–water partition coefficient (Wildman–Crippen LogP) is 11.9. The maximum atomic E-state index is 2.32. The Balaban J connectivity index is 1.12. The van der Waals surface area contributed by atoms with Gasteiger partial charge < -0.3 is 4.90 Å². The Labute approximate surface area is 251 Å². The first-order valence-electron chi connectivity index (χ1n) is 14.8. The first-order valence-corrected chi connectivity index (χ1v) is 14.8. The van der Waals surface area contributed by atoms with Gasteiger partial charge in [-0.1, -0.05) is 121 Å². The topological polar surface area (TPSA) is 3.24 Å². The molecule has 0 N–H and O–H groups in total. The zero-order chi connectivity index (χ0) is 28.6. The molecule has 0 radical (unpaired) electrons. The highest BCUT2D eigenvalue weighted by molar-refractivity contribution is 5.94. The molecule has 0 bridgehead atoms. The van der Waals surface area contributed by atoms with Crippen molar-refractivity contribution in [1.82, 2.24) is 0 Å². The highest BCUT2D eigenvalue weighted by atomic mass is 15.1. The van der Waals surface area contributed by atoms with Gasteiger partial charge in [-0.3, -0.25) is 0 Å². The van der Waals surface area contributed by atoms with Crippen molar-refractivity contribution in [1.29, 1.82) is 0 Å². The largest absolute Gasteiger partial charge is 0.310 e. The van der Waals surface area contributed by atoms with E-state index in [1.807, 2.05) is 0 Å². The van der Waals surface area contributed by atoms with Gasteiger partial charge in [0, 0.05) is 17.1 Å². The van der Waals surface area contributed by atoms with Crippen molar-refractivity contribution in [2.45, 2.75) is 0 Å². The van der Waals surface area contributed by atoms with Gasteiger partial charge in [0.1, 0.15) is 0 Å². The lowest BCUT2D eigenvalue weighted by Gasteiger charge is -2.26. The van der Waals surface area contributed by atoms with E-state index >= 15 is 0 Å². The van der Waals surface area contributed by atoms with Gasteiger partial charge in [0.2, 0.25) is 0 Å². The normalized spacial score (nSPS) is 11.3. The molecule has 0 amide bonds. The van der Waals surface area contributed by atoms with Crippen molar-refractivity contribution in [2.24, 2.45) is 0 Å². The Morgan fingerprint density at radius 2 is 0.605 bits per heavy atom. The second-order valence-electron chi connectivity index (χ2n) is 11.1. The number of benzene rings is 8. The molecule has 8 aromatic carbocycles. The summed E-state index contributed by atoms with van der Waals surface area (Å²) in [6, 6.07) is 63.5. The summed E-state index contributed by atoms with van der Waals surface area (Å²) in [7, 11) is 0. The summed E-state index contributed by atoms with van der Waals surface area (Å²) in [4.78, 5) is 2.32. The standard InChI is InChI=1S/C42H29N/c1-2-12-40(13-3-1)43(42-25-22-31-9-5-7-11-34(31)29-42)41-23-20-32(21-24-41)35-16-17-38-28-39(19-18-37(38)27-35)36-15-14-30-8-4-6-10-33(30)26-36/h1-29H. The third-order valence-corrected chi connectivity index (χ3v) is 8.39. The monoisotopic (exact) mass is 547 g/mol. The van der Waals surface area contributed by atoms with Crippen LogP contribution in [0, 0.1) is 0 Å². The maximum Gasteiger partial charge on any atom is 0.0468 e. The number of fused-ring (bicyclic) bond motifs is 3. The van der Waals surface area contributed by atoms with Crippen LogP contribution in [0.5, 0.6) is 0 Å². The molecule has 0 aromatic heterocycles. The molecule has 0 aliphatic rings. The Kier molecular flexibility index (Phi) is 6.20. The highest BCUT2D eigenvalue weighted by Gasteiger charge is 2.13. The fraction of sp³-hybridized carbons (Fsp3) is 0. The van der Waals surface area contributed by atoms with Gasteiger partial charge in [-0.05, 0) is 109 Å². The molecule has 0 fully saturated rings. The Morgan fingerprint density at radius 3 is 1.21 bits per heavy atom. The molecule has 8 aromatic rings. The fourth-order valence-electron chi connectivity index (χ4n) is 6.12. The molecule has 0 atom stereocenters. The molecule has 1 nitrogen and oxygen atoms in total. The summed E-state index contributed by atoms with van der Waals surface area (Å²) < 4.78 is 0.